The summed E-state index contributed by atoms with van der Waals surface area (Å²) in [4.78, 5) is 0. The number of hydrogen-bond acceptors (Lipinski definition) is 3. The molecule has 0 aromatic rings. The molecule has 1 saturated heterocycles. The first-order valence-corrected chi connectivity index (χ1v) is 5.95. The molecule has 0 spiro atoms. The Morgan fingerprint density at radius 2 is 2.23 bits per heavy atom. The van der Waals surface area contributed by atoms with Crippen LogP contribution < -0.4 is 14.8 Å². The van der Waals surface area contributed by atoms with Crippen molar-refractivity contribution in [1.82, 2.24) is 14.8 Å². The standard InChI is InChI=1S/C7H17N3O2S/c1-3-9-13(11,12)10-7(2)4-5-8-6-7/h8-10H,3-6H2,1-2H3. The molecule has 0 bridgehead atoms. The molecule has 13 heavy (non-hydrogen) atoms. The van der Waals surface area contributed by atoms with Gasteiger partial charge >= 0.3 is 0 Å². The first-order chi connectivity index (χ1) is 5.97. The van der Waals surface area contributed by atoms with Crippen molar-refractivity contribution in [2.24, 2.45) is 0 Å². The molecule has 1 aliphatic rings. The van der Waals surface area contributed by atoms with Crippen LogP contribution in [0, 0.1) is 0 Å². The van der Waals surface area contributed by atoms with E-state index in [1.807, 2.05) is 6.92 Å². The number of nitrogens with one attached hydrogen (secondary N) is 3. The molecule has 1 heterocycles. The lowest BCUT2D eigenvalue weighted by Crippen LogP contribution is -2.51. The Kier molecular flexibility index (Phi) is 3.28. The summed E-state index contributed by atoms with van der Waals surface area (Å²) in [5.41, 5.74) is -0.332. The molecular formula is C7H17N3O2S. The SMILES string of the molecule is CCNS(=O)(=O)NC1(C)CCNC1. The Morgan fingerprint density at radius 1 is 1.54 bits per heavy atom. The molecule has 0 radical (unpaired) electrons. The van der Waals surface area contributed by atoms with Gasteiger partial charge < -0.3 is 5.32 Å². The van der Waals surface area contributed by atoms with Gasteiger partial charge in [0.1, 0.15) is 0 Å². The summed E-state index contributed by atoms with van der Waals surface area (Å²) >= 11 is 0. The Morgan fingerprint density at radius 3 is 2.69 bits per heavy atom. The van der Waals surface area contributed by atoms with Gasteiger partial charge in [-0.1, -0.05) is 6.92 Å². The summed E-state index contributed by atoms with van der Waals surface area (Å²) in [6.07, 6.45) is 0.831. The second-order valence-corrected chi connectivity index (χ2v) is 5.09. The maximum atomic E-state index is 11.3. The highest BCUT2D eigenvalue weighted by Gasteiger charge is 2.32. The van der Waals surface area contributed by atoms with E-state index in [1.165, 1.54) is 0 Å². The van der Waals surface area contributed by atoms with Gasteiger partial charge in [0.15, 0.2) is 0 Å². The predicted octanol–water partition coefficient (Wildman–Crippen LogP) is -0.818. The van der Waals surface area contributed by atoms with E-state index in [0.29, 0.717) is 13.1 Å². The molecule has 0 saturated carbocycles. The molecule has 0 aliphatic carbocycles. The van der Waals surface area contributed by atoms with Crippen molar-refractivity contribution in [3.05, 3.63) is 0 Å². The quantitative estimate of drug-likeness (QED) is 0.564. The van der Waals surface area contributed by atoms with E-state index in [0.717, 1.165) is 13.0 Å². The van der Waals surface area contributed by atoms with Gasteiger partial charge in [0.05, 0.1) is 0 Å². The smallest absolute Gasteiger partial charge is 0.277 e. The summed E-state index contributed by atoms with van der Waals surface area (Å²) in [5.74, 6) is 0. The minimum absolute atomic E-state index is 0.332. The molecule has 1 rings (SSSR count). The van der Waals surface area contributed by atoms with Crippen LogP contribution in [0.5, 0.6) is 0 Å². The van der Waals surface area contributed by atoms with Crippen LogP contribution in [0.4, 0.5) is 0 Å². The zero-order valence-electron chi connectivity index (χ0n) is 8.05. The molecule has 1 fully saturated rings. The maximum absolute atomic E-state index is 11.3. The lowest BCUT2D eigenvalue weighted by atomic mass is 10.0. The summed E-state index contributed by atoms with van der Waals surface area (Å²) in [6, 6.07) is 0. The molecule has 5 nitrogen and oxygen atoms in total. The van der Waals surface area contributed by atoms with E-state index in [-0.39, 0.29) is 5.54 Å². The van der Waals surface area contributed by atoms with Crippen LogP contribution in [0.15, 0.2) is 0 Å². The first kappa shape index (κ1) is 10.9. The van der Waals surface area contributed by atoms with Crippen molar-refractivity contribution in [1.29, 1.82) is 0 Å². The van der Waals surface area contributed by atoms with E-state index in [2.05, 4.69) is 14.8 Å². The molecule has 1 aliphatic heterocycles. The van der Waals surface area contributed by atoms with Crippen LogP contribution in [0.3, 0.4) is 0 Å². The van der Waals surface area contributed by atoms with Crippen LogP contribution in [-0.2, 0) is 10.2 Å². The fourth-order valence-electron chi connectivity index (χ4n) is 1.45. The molecule has 0 aromatic heterocycles. The van der Waals surface area contributed by atoms with Crippen LogP contribution in [0.2, 0.25) is 0 Å². The molecule has 1 unspecified atom stereocenters. The molecule has 78 valence electrons. The monoisotopic (exact) mass is 207 g/mol. The normalized spacial score (nSPS) is 29.4. The fourth-order valence-corrected chi connectivity index (χ4v) is 2.73. The van der Waals surface area contributed by atoms with Crippen molar-refractivity contribution in [3.63, 3.8) is 0 Å². The van der Waals surface area contributed by atoms with Crippen LogP contribution in [0.25, 0.3) is 0 Å². The van der Waals surface area contributed by atoms with E-state index in [4.69, 9.17) is 0 Å². The summed E-state index contributed by atoms with van der Waals surface area (Å²) < 4.78 is 27.7. The van der Waals surface area contributed by atoms with Crippen molar-refractivity contribution >= 4 is 10.2 Å². The Hall–Kier alpha value is -0.170. The van der Waals surface area contributed by atoms with E-state index < -0.39 is 10.2 Å². The topological polar surface area (TPSA) is 70.2 Å². The van der Waals surface area contributed by atoms with Crippen molar-refractivity contribution < 1.29 is 8.42 Å². The number of hydrogen-bond donors (Lipinski definition) is 3. The second kappa shape index (κ2) is 3.91. The van der Waals surface area contributed by atoms with Crippen molar-refractivity contribution in [2.45, 2.75) is 25.8 Å². The first-order valence-electron chi connectivity index (χ1n) is 4.47. The van der Waals surface area contributed by atoms with Gasteiger partial charge in [-0.05, 0) is 19.9 Å². The second-order valence-electron chi connectivity index (χ2n) is 3.59. The predicted molar refractivity (Wildman–Crippen MR) is 51.6 cm³/mol. The van der Waals surface area contributed by atoms with Crippen LogP contribution in [0.1, 0.15) is 20.3 Å². The molecule has 0 aromatic carbocycles. The third kappa shape index (κ3) is 3.22. The van der Waals surface area contributed by atoms with Gasteiger partial charge in [0.25, 0.3) is 10.2 Å². The molecular weight excluding hydrogens is 190 g/mol. The van der Waals surface area contributed by atoms with Crippen LogP contribution >= 0.6 is 0 Å². The van der Waals surface area contributed by atoms with Crippen molar-refractivity contribution in [2.75, 3.05) is 19.6 Å². The van der Waals surface area contributed by atoms with Gasteiger partial charge in [0.2, 0.25) is 0 Å². The fraction of sp³-hybridized carbons (Fsp3) is 1.00. The van der Waals surface area contributed by atoms with Gasteiger partial charge in [0, 0.05) is 18.6 Å². The van der Waals surface area contributed by atoms with E-state index >= 15 is 0 Å². The molecule has 1 atom stereocenters. The number of rotatable bonds is 4. The van der Waals surface area contributed by atoms with E-state index in [1.54, 1.807) is 6.92 Å². The van der Waals surface area contributed by atoms with Gasteiger partial charge in [-0.3, -0.25) is 0 Å². The largest absolute Gasteiger partial charge is 0.315 e. The zero-order chi connectivity index (χ0) is 9.95. The highest BCUT2D eigenvalue weighted by Crippen LogP contribution is 2.13. The Balaban J connectivity index is 2.56. The molecule has 6 heteroatoms. The third-order valence-corrected chi connectivity index (χ3v) is 3.51. The Labute approximate surface area is 79.5 Å². The maximum Gasteiger partial charge on any atom is 0.277 e. The minimum atomic E-state index is -3.31. The highest BCUT2D eigenvalue weighted by atomic mass is 32.2. The molecule has 0 amide bonds. The lowest BCUT2D eigenvalue weighted by molar-refractivity contribution is 0.447. The average molecular weight is 207 g/mol. The summed E-state index contributed by atoms with van der Waals surface area (Å²) in [6.45, 7) is 5.64. The third-order valence-electron chi connectivity index (χ3n) is 2.08. The van der Waals surface area contributed by atoms with Crippen molar-refractivity contribution in [3.8, 4) is 0 Å². The Bertz CT molecular complexity index is 257. The van der Waals surface area contributed by atoms with E-state index in [9.17, 15) is 8.42 Å². The van der Waals surface area contributed by atoms with Crippen LogP contribution in [-0.4, -0.2) is 33.6 Å². The van der Waals surface area contributed by atoms with Gasteiger partial charge in [-0.2, -0.15) is 13.1 Å². The average Bonchev–Trinajstić information content (AvgIpc) is 2.33. The summed E-state index contributed by atoms with van der Waals surface area (Å²) in [5, 5.41) is 3.12. The minimum Gasteiger partial charge on any atom is -0.315 e. The zero-order valence-corrected chi connectivity index (χ0v) is 8.87. The lowest BCUT2D eigenvalue weighted by Gasteiger charge is -2.23. The molecule has 3 N–H and O–H groups in total. The van der Waals surface area contributed by atoms with Gasteiger partial charge in [-0.25, -0.2) is 4.72 Å². The highest BCUT2D eigenvalue weighted by molar-refractivity contribution is 7.87. The summed E-state index contributed by atoms with van der Waals surface area (Å²) in [7, 11) is -3.31. The van der Waals surface area contributed by atoms with Gasteiger partial charge in [-0.15, -0.1) is 0 Å².